The molecule has 0 N–H and O–H groups in total. The second-order valence-corrected chi connectivity index (χ2v) is 2.91. The maximum atomic E-state index is 12.7. The quantitative estimate of drug-likeness (QED) is 0.699. The van der Waals surface area contributed by atoms with Crippen LogP contribution in [0.1, 0.15) is 5.56 Å². The molecule has 1 aliphatic heterocycles. The first-order valence-corrected chi connectivity index (χ1v) is 3.97. The Morgan fingerprint density at radius 1 is 1.29 bits per heavy atom. The lowest BCUT2D eigenvalue weighted by Crippen LogP contribution is -2.26. The summed E-state index contributed by atoms with van der Waals surface area (Å²) < 4.78 is 38.9. The first-order valence-electron chi connectivity index (χ1n) is 3.97. The summed E-state index contributed by atoms with van der Waals surface area (Å²) >= 11 is 0. The van der Waals surface area contributed by atoms with Crippen molar-refractivity contribution in [2.75, 3.05) is 7.11 Å². The fraction of sp³-hybridized carbons (Fsp3) is 0.333. The Bertz CT molecular complexity index is 377. The molecule has 0 bridgehead atoms. The number of fused-ring (bicyclic) bond motifs is 1. The number of halogens is 2. The molecule has 2 rings (SSSR count). The monoisotopic (exact) mass is 202 g/mol. The van der Waals surface area contributed by atoms with Crippen LogP contribution in [0.4, 0.5) is 8.78 Å². The van der Waals surface area contributed by atoms with Crippen LogP contribution in [0, 0.1) is 6.92 Å². The molecule has 1 heterocycles. The van der Waals surface area contributed by atoms with Gasteiger partial charge in [0.2, 0.25) is 5.75 Å². The fourth-order valence-electron chi connectivity index (χ4n) is 1.34. The molecule has 0 unspecified atom stereocenters. The van der Waals surface area contributed by atoms with Crippen LogP contribution in [0.25, 0.3) is 0 Å². The summed E-state index contributed by atoms with van der Waals surface area (Å²) in [6.45, 7) is 1.74. The lowest BCUT2D eigenvalue weighted by Gasteiger charge is -2.07. The summed E-state index contributed by atoms with van der Waals surface area (Å²) in [7, 11) is 1.39. The normalized spacial score (nSPS) is 16.9. The first kappa shape index (κ1) is 9.05. The topological polar surface area (TPSA) is 27.7 Å². The Hall–Kier alpha value is -1.52. The summed E-state index contributed by atoms with van der Waals surface area (Å²) in [5.74, 6) is 0.231. The second kappa shape index (κ2) is 2.73. The molecule has 0 radical (unpaired) electrons. The van der Waals surface area contributed by atoms with Crippen molar-refractivity contribution < 1.29 is 23.0 Å². The van der Waals surface area contributed by atoms with Crippen LogP contribution in [0.2, 0.25) is 0 Å². The van der Waals surface area contributed by atoms with Gasteiger partial charge in [-0.25, -0.2) is 0 Å². The first-order chi connectivity index (χ1) is 6.53. The van der Waals surface area contributed by atoms with Crippen molar-refractivity contribution in [3.05, 3.63) is 17.7 Å². The number of rotatable bonds is 1. The van der Waals surface area contributed by atoms with Crippen molar-refractivity contribution in [2.24, 2.45) is 0 Å². The van der Waals surface area contributed by atoms with Gasteiger partial charge in [-0.2, -0.15) is 0 Å². The van der Waals surface area contributed by atoms with Gasteiger partial charge >= 0.3 is 6.29 Å². The van der Waals surface area contributed by atoms with E-state index in [1.54, 1.807) is 13.0 Å². The number of aryl methyl sites for hydroxylation is 1. The zero-order valence-corrected chi connectivity index (χ0v) is 7.64. The van der Waals surface area contributed by atoms with E-state index in [4.69, 9.17) is 4.74 Å². The van der Waals surface area contributed by atoms with Gasteiger partial charge in [0, 0.05) is 0 Å². The highest BCUT2D eigenvalue weighted by atomic mass is 19.3. The fourth-order valence-corrected chi connectivity index (χ4v) is 1.34. The molecule has 0 amide bonds. The highest BCUT2D eigenvalue weighted by Gasteiger charge is 2.45. The number of hydrogen-bond donors (Lipinski definition) is 0. The smallest absolute Gasteiger partial charge is 0.492 e. The minimum absolute atomic E-state index is 0.00236. The molecule has 76 valence electrons. The van der Waals surface area contributed by atoms with Gasteiger partial charge in [0.25, 0.3) is 0 Å². The average Bonchev–Trinajstić information content (AvgIpc) is 2.39. The zero-order chi connectivity index (χ0) is 10.3. The van der Waals surface area contributed by atoms with Crippen molar-refractivity contribution in [1.29, 1.82) is 0 Å². The van der Waals surface area contributed by atoms with Crippen LogP contribution in [-0.2, 0) is 0 Å². The molecule has 0 aromatic heterocycles. The van der Waals surface area contributed by atoms with E-state index in [1.807, 2.05) is 0 Å². The predicted molar refractivity (Wildman–Crippen MR) is 43.9 cm³/mol. The van der Waals surface area contributed by atoms with Crippen molar-refractivity contribution in [1.82, 2.24) is 0 Å². The van der Waals surface area contributed by atoms with Crippen molar-refractivity contribution >= 4 is 0 Å². The Morgan fingerprint density at radius 3 is 2.64 bits per heavy atom. The summed E-state index contributed by atoms with van der Waals surface area (Å²) in [5, 5.41) is 0. The third kappa shape index (κ3) is 1.25. The van der Waals surface area contributed by atoms with E-state index in [0.717, 1.165) is 0 Å². The van der Waals surface area contributed by atoms with Gasteiger partial charge in [-0.3, -0.25) is 0 Å². The van der Waals surface area contributed by atoms with E-state index in [-0.39, 0.29) is 17.2 Å². The third-order valence-electron chi connectivity index (χ3n) is 1.93. The highest BCUT2D eigenvalue weighted by molar-refractivity contribution is 5.56. The molecule has 3 nitrogen and oxygen atoms in total. The largest absolute Gasteiger partial charge is 0.586 e. The van der Waals surface area contributed by atoms with E-state index < -0.39 is 6.29 Å². The minimum atomic E-state index is -3.59. The van der Waals surface area contributed by atoms with E-state index in [1.165, 1.54) is 13.2 Å². The molecule has 0 fully saturated rings. The van der Waals surface area contributed by atoms with E-state index in [0.29, 0.717) is 5.56 Å². The molecule has 0 atom stereocenters. The SMILES string of the molecule is COc1c(C)ccc2c1OC(F)(F)O2. The van der Waals surface area contributed by atoms with Crippen LogP contribution in [-0.4, -0.2) is 13.4 Å². The van der Waals surface area contributed by atoms with Crippen molar-refractivity contribution in [3.8, 4) is 17.2 Å². The van der Waals surface area contributed by atoms with Gasteiger partial charge < -0.3 is 14.2 Å². The number of alkyl halides is 2. The van der Waals surface area contributed by atoms with Gasteiger partial charge in [-0.1, -0.05) is 6.07 Å². The van der Waals surface area contributed by atoms with E-state index in [9.17, 15) is 8.78 Å². The van der Waals surface area contributed by atoms with E-state index in [2.05, 4.69) is 9.47 Å². The van der Waals surface area contributed by atoms with Crippen LogP contribution in [0.15, 0.2) is 12.1 Å². The van der Waals surface area contributed by atoms with Gasteiger partial charge in [0.1, 0.15) is 0 Å². The average molecular weight is 202 g/mol. The Morgan fingerprint density at radius 2 is 2.00 bits per heavy atom. The minimum Gasteiger partial charge on any atom is -0.492 e. The van der Waals surface area contributed by atoms with Crippen molar-refractivity contribution in [2.45, 2.75) is 13.2 Å². The lowest BCUT2D eigenvalue weighted by molar-refractivity contribution is -0.287. The Balaban J connectivity index is 2.52. The molecule has 14 heavy (non-hydrogen) atoms. The molecular formula is C9H8F2O3. The number of hydrogen-bond acceptors (Lipinski definition) is 3. The molecule has 1 aromatic rings. The third-order valence-corrected chi connectivity index (χ3v) is 1.93. The molecule has 0 saturated heterocycles. The molecule has 0 aliphatic carbocycles. The summed E-state index contributed by atoms with van der Waals surface area (Å²) in [4.78, 5) is 0. The van der Waals surface area contributed by atoms with Crippen LogP contribution >= 0.6 is 0 Å². The van der Waals surface area contributed by atoms with Crippen LogP contribution in [0.3, 0.4) is 0 Å². The highest BCUT2D eigenvalue weighted by Crippen LogP contribution is 2.48. The standard InChI is InChI=1S/C9H8F2O3/c1-5-3-4-6-8(7(5)12-2)14-9(10,11)13-6/h3-4H,1-2H3. The van der Waals surface area contributed by atoms with Crippen molar-refractivity contribution in [3.63, 3.8) is 0 Å². The molecule has 1 aromatic carbocycles. The number of methoxy groups -OCH3 is 1. The van der Waals surface area contributed by atoms with Gasteiger partial charge in [-0.05, 0) is 18.6 Å². The van der Waals surface area contributed by atoms with Crippen LogP contribution in [0.5, 0.6) is 17.2 Å². The maximum absolute atomic E-state index is 12.7. The van der Waals surface area contributed by atoms with Gasteiger partial charge in [-0.15, -0.1) is 8.78 Å². The molecule has 0 saturated carbocycles. The Labute approximate surface area is 79.2 Å². The van der Waals surface area contributed by atoms with Crippen LogP contribution < -0.4 is 14.2 Å². The van der Waals surface area contributed by atoms with E-state index >= 15 is 0 Å². The molecule has 0 spiro atoms. The summed E-state index contributed by atoms with van der Waals surface area (Å²) in [5.41, 5.74) is 0.715. The lowest BCUT2D eigenvalue weighted by atomic mass is 10.2. The number of ether oxygens (including phenoxy) is 3. The summed E-state index contributed by atoms with van der Waals surface area (Å²) in [6, 6.07) is 3.05. The van der Waals surface area contributed by atoms with Gasteiger partial charge in [0.05, 0.1) is 7.11 Å². The summed E-state index contributed by atoms with van der Waals surface area (Å²) in [6.07, 6.45) is -3.59. The predicted octanol–water partition coefficient (Wildman–Crippen LogP) is 2.33. The Kier molecular flexibility index (Phi) is 1.77. The zero-order valence-electron chi connectivity index (χ0n) is 7.64. The van der Waals surface area contributed by atoms with Gasteiger partial charge in [0.15, 0.2) is 11.5 Å². The molecule has 5 heteroatoms. The second-order valence-electron chi connectivity index (χ2n) is 2.91. The number of benzene rings is 1. The molecular weight excluding hydrogens is 194 g/mol. The molecule has 1 aliphatic rings. The maximum Gasteiger partial charge on any atom is 0.586 e.